The Morgan fingerprint density at radius 1 is 1.06 bits per heavy atom. The molecule has 35 heavy (non-hydrogen) atoms. The molecule has 0 saturated carbocycles. The summed E-state index contributed by atoms with van der Waals surface area (Å²) in [5.41, 5.74) is 4.50. The van der Waals surface area contributed by atoms with Crippen molar-refractivity contribution in [3.63, 3.8) is 0 Å². The normalized spacial score (nSPS) is 27.5. The average Bonchev–Trinajstić information content (AvgIpc) is 3.18. The number of hydrogen-bond acceptors (Lipinski definition) is 8. The van der Waals surface area contributed by atoms with Gasteiger partial charge in [-0.3, -0.25) is 19.9 Å². The lowest BCUT2D eigenvalue weighted by atomic mass is 10.0. The Morgan fingerprint density at radius 3 is 2.69 bits per heavy atom. The topological polar surface area (TPSA) is 118 Å². The molecule has 4 unspecified atom stereocenters. The summed E-state index contributed by atoms with van der Waals surface area (Å²) in [7, 11) is 0. The number of amides is 1. The number of fused-ring (bicyclic) bond motifs is 1. The first-order valence-corrected chi connectivity index (χ1v) is 12.3. The number of aliphatic hydroxyl groups excluding tert-OH is 3. The number of aliphatic hydroxyl groups is 3. The van der Waals surface area contributed by atoms with E-state index in [-0.39, 0.29) is 11.9 Å². The monoisotopic (exact) mass is 482 g/mol. The van der Waals surface area contributed by atoms with Crippen LogP contribution in [0.5, 0.6) is 0 Å². The molecular formula is C26H34N4O5. The number of rotatable bonds is 6. The van der Waals surface area contributed by atoms with E-state index in [9.17, 15) is 20.1 Å². The molecule has 2 aromatic carbocycles. The maximum absolute atomic E-state index is 12.8. The van der Waals surface area contributed by atoms with Crippen LogP contribution in [0.2, 0.25) is 0 Å². The molecule has 3 aliphatic heterocycles. The van der Waals surface area contributed by atoms with E-state index < -0.39 is 18.7 Å². The standard InChI is InChI=1S/C26H34N4O5/c31-23-7-6-22(25(33)28-23)30-16-20-12-17(4-5-21(20)26(30)34)14-27-24(32)19-3-1-2-18(13-19)15-29-8-10-35-11-9-29/h1-5,12-13,22-23,25-26,28,31,33-34H,6-11,14-16H2,(H,27,32). The van der Waals surface area contributed by atoms with E-state index in [0.717, 1.165) is 55.1 Å². The second-order valence-electron chi connectivity index (χ2n) is 9.62. The summed E-state index contributed by atoms with van der Waals surface area (Å²) in [6, 6.07) is 13.3. The molecular weight excluding hydrogens is 448 g/mol. The predicted octanol–water partition coefficient (Wildman–Crippen LogP) is 0.644. The molecule has 0 aromatic heterocycles. The summed E-state index contributed by atoms with van der Waals surface area (Å²) in [6.07, 6.45) is -1.32. The van der Waals surface area contributed by atoms with Gasteiger partial charge in [0.05, 0.1) is 19.3 Å². The highest BCUT2D eigenvalue weighted by Gasteiger charge is 2.39. The lowest BCUT2D eigenvalue weighted by molar-refractivity contribution is -0.104. The van der Waals surface area contributed by atoms with Crippen LogP contribution >= 0.6 is 0 Å². The van der Waals surface area contributed by atoms with Crippen molar-refractivity contribution in [1.82, 2.24) is 20.4 Å². The fourth-order valence-electron chi connectivity index (χ4n) is 5.26. The van der Waals surface area contributed by atoms with Crippen LogP contribution in [-0.4, -0.2) is 75.8 Å². The fourth-order valence-corrected chi connectivity index (χ4v) is 5.26. The van der Waals surface area contributed by atoms with Crippen LogP contribution in [-0.2, 0) is 24.4 Å². The van der Waals surface area contributed by atoms with E-state index in [1.165, 1.54) is 0 Å². The zero-order chi connectivity index (χ0) is 24.4. The molecule has 4 atom stereocenters. The molecule has 0 radical (unpaired) electrons. The lowest BCUT2D eigenvalue weighted by Gasteiger charge is -2.39. The first-order valence-electron chi connectivity index (χ1n) is 12.3. The van der Waals surface area contributed by atoms with Crippen molar-refractivity contribution in [2.75, 3.05) is 26.3 Å². The van der Waals surface area contributed by atoms with Gasteiger partial charge in [0.25, 0.3) is 5.91 Å². The van der Waals surface area contributed by atoms with Gasteiger partial charge in [-0.05, 0) is 47.2 Å². The molecule has 188 valence electrons. The van der Waals surface area contributed by atoms with E-state index in [1.54, 1.807) is 0 Å². The number of ether oxygens (including phenoxy) is 1. The van der Waals surface area contributed by atoms with Crippen LogP contribution in [0.1, 0.15) is 51.7 Å². The van der Waals surface area contributed by atoms with Crippen molar-refractivity contribution in [3.05, 3.63) is 70.3 Å². The van der Waals surface area contributed by atoms with Crippen molar-refractivity contribution in [1.29, 1.82) is 0 Å². The molecule has 0 aliphatic carbocycles. The average molecular weight is 483 g/mol. The summed E-state index contributed by atoms with van der Waals surface area (Å²) in [6.45, 7) is 4.99. The van der Waals surface area contributed by atoms with Gasteiger partial charge in [0, 0.05) is 38.3 Å². The number of carbonyl (C=O) groups is 1. The Kier molecular flexibility index (Phi) is 7.45. The Bertz CT molecular complexity index is 1040. The third-order valence-corrected chi connectivity index (χ3v) is 7.19. The summed E-state index contributed by atoms with van der Waals surface area (Å²) in [5.74, 6) is -0.119. The number of carbonyl (C=O) groups excluding carboxylic acids is 1. The number of benzene rings is 2. The van der Waals surface area contributed by atoms with Crippen LogP contribution < -0.4 is 10.6 Å². The van der Waals surface area contributed by atoms with Crippen LogP contribution in [0.4, 0.5) is 0 Å². The van der Waals surface area contributed by atoms with Gasteiger partial charge in [-0.1, -0.05) is 30.3 Å². The Balaban J connectivity index is 1.19. The first kappa shape index (κ1) is 24.3. The Labute approximate surface area is 205 Å². The number of piperidine rings is 1. The molecule has 5 N–H and O–H groups in total. The third kappa shape index (κ3) is 5.57. The second kappa shape index (κ2) is 10.7. The summed E-state index contributed by atoms with van der Waals surface area (Å²) in [5, 5.41) is 36.6. The van der Waals surface area contributed by atoms with E-state index in [0.29, 0.717) is 31.5 Å². The van der Waals surface area contributed by atoms with Crippen molar-refractivity contribution < 1.29 is 24.9 Å². The van der Waals surface area contributed by atoms with Gasteiger partial charge < -0.3 is 25.4 Å². The highest BCUT2D eigenvalue weighted by Crippen LogP contribution is 2.36. The molecule has 3 aliphatic rings. The van der Waals surface area contributed by atoms with Gasteiger partial charge in [-0.15, -0.1) is 0 Å². The lowest BCUT2D eigenvalue weighted by Crippen LogP contribution is -2.56. The minimum Gasteiger partial charge on any atom is -0.379 e. The molecule has 2 fully saturated rings. The maximum Gasteiger partial charge on any atom is 0.251 e. The van der Waals surface area contributed by atoms with Crippen LogP contribution in [0.15, 0.2) is 42.5 Å². The highest BCUT2D eigenvalue weighted by molar-refractivity contribution is 5.94. The van der Waals surface area contributed by atoms with E-state index in [4.69, 9.17) is 4.74 Å². The quantitative estimate of drug-likeness (QED) is 0.407. The zero-order valence-electron chi connectivity index (χ0n) is 19.8. The van der Waals surface area contributed by atoms with Crippen molar-refractivity contribution in [3.8, 4) is 0 Å². The van der Waals surface area contributed by atoms with Crippen LogP contribution in [0.25, 0.3) is 0 Å². The van der Waals surface area contributed by atoms with Crippen LogP contribution in [0, 0.1) is 0 Å². The van der Waals surface area contributed by atoms with E-state index in [1.807, 2.05) is 47.4 Å². The van der Waals surface area contributed by atoms with Gasteiger partial charge >= 0.3 is 0 Å². The molecule has 2 aromatic rings. The van der Waals surface area contributed by atoms with Gasteiger partial charge in [0.15, 0.2) is 0 Å². The first-order chi connectivity index (χ1) is 17.0. The van der Waals surface area contributed by atoms with Gasteiger partial charge in [-0.2, -0.15) is 0 Å². The predicted molar refractivity (Wildman–Crippen MR) is 129 cm³/mol. The molecule has 9 nitrogen and oxygen atoms in total. The number of nitrogens with zero attached hydrogens (tertiary/aromatic N) is 2. The summed E-state index contributed by atoms with van der Waals surface area (Å²) < 4.78 is 5.41. The smallest absolute Gasteiger partial charge is 0.251 e. The number of hydrogen-bond donors (Lipinski definition) is 5. The largest absolute Gasteiger partial charge is 0.379 e. The molecule has 2 saturated heterocycles. The Hall–Kier alpha value is -2.37. The second-order valence-corrected chi connectivity index (χ2v) is 9.62. The highest BCUT2D eigenvalue weighted by atomic mass is 16.5. The molecule has 0 spiro atoms. The number of morpholine rings is 1. The molecule has 9 heteroatoms. The van der Waals surface area contributed by atoms with Crippen molar-refractivity contribution in [2.24, 2.45) is 0 Å². The fraction of sp³-hybridized carbons (Fsp3) is 0.500. The van der Waals surface area contributed by atoms with Gasteiger partial charge in [0.1, 0.15) is 18.7 Å². The summed E-state index contributed by atoms with van der Waals surface area (Å²) in [4.78, 5) is 17.0. The SMILES string of the molecule is O=C(NCc1ccc2c(c1)CN(C1CCC(O)NC1O)C2O)c1cccc(CN2CCOCC2)c1. The maximum atomic E-state index is 12.8. The molecule has 1 amide bonds. The van der Waals surface area contributed by atoms with Crippen molar-refractivity contribution in [2.45, 2.75) is 57.2 Å². The third-order valence-electron chi connectivity index (χ3n) is 7.19. The zero-order valence-corrected chi connectivity index (χ0v) is 19.8. The molecule has 3 heterocycles. The summed E-state index contributed by atoms with van der Waals surface area (Å²) >= 11 is 0. The number of nitrogens with one attached hydrogen (secondary N) is 2. The molecule has 5 rings (SSSR count). The van der Waals surface area contributed by atoms with Crippen LogP contribution in [0.3, 0.4) is 0 Å². The van der Waals surface area contributed by atoms with Gasteiger partial charge in [-0.25, -0.2) is 0 Å². The van der Waals surface area contributed by atoms with E-state index >= 15 is 0 Å². The van der Waals surface area contributed by atoms with E-state index in [2.05, 4.69) is 15.5 Å². The van der Waals surface area contributed by atoms with Gasteiger partial charge in [0.2, 0.25) is 0 Å². The molecule has 0 bridgehead atoms. The Morgan fingerprint density at radius 2 is 1.89 bits per heavy atom. The minimum absolute atomic E-state index is 0.119. The minimum atomic E-state index is -0.902. The van der Waals surface area contributed by atoms with Crippen molar-refractivity contribution >= 4 is 5.91 Å².